The molecule has 8 heterocycles. The van der Waals surface area contributed by atoms with E-state index in [4.69, 9.17) is 13.3 Å². The van der Waals surface area contributed by atoms with Crippen LogP contribution >= 0.6 is 56.7 Å². The second-order valence-electron chi connectivity index (χ2n) is 14.6. The van der Waals surface area contributed by atoms with Gasteiger partial charge >= 0.3 is 0 Å². The molecule has 0 atom stereocenters. The van der Waals surface area contributed by atoms with Crippen molar-refractivity contribution in [1.82, 2.24) is 0 Å². The Morgan fingerprint density at radius 3 is 0.935 bits per heavy atom. The summed E-state index contributed by atoms with van der Waals surface area (Å²) in [5, 5.41) is 4.46. The van der Waals surface area contributed by atoms with E-state index in [9.17, 15) is 0 Å². The Morgan fingerprint density at radius 2 is 0.694 bits per heavy atom. The number of rotatable bonds is 1. The molecular weight excluding hydrogens is 857 g/mol. The zero-order valence-electron chi connectivity index (χ0n) is 39.8. The van der Waals surface area contributed by atoms with Gasteiger partial charge in [-0.3, -0.25) is 0 Å². The van der Waals surface area contributed by atoms with Crippen molar-refractivity contribution in [3.63, 3.8) is 0 Å². The lowest BCUT2D eigenvalue weighted by Gasteiger charge is -1.90. The van der Waals surface area contributed by atoms with Crippen LogP contribution in [0.25, 0.3) is 30.3 Å². The molecule has 0 aliphatic rings. The van der Waals surface area contributed by atoms with Crippen molar-refractivity contribution in [3.05, 3.63) is 185 Å². The third-order valence-electron chi connectivity index (χ3n) is 8.62. The van der Waals surface area contributed by atoms with Crippen molar-refractivity contribution in [2.24, 2.45) is 0 Å². The lowest BCUT2D eigenvalue weighted by molar-refractivity contribution is 0.504. The fourth-order valence-electron chi connectivity index (χ4n) is 4.99. The summed E-state index contributed by atoms with van der Waals surface area (Å²) in [5.41, 5.74) is 9.38. The number of aryl methyl sites for hydroxylation is 12. The predicted molar refractivity (Wildman–Crippen MR) is 283 cm³/mol. The summed E-state index contributed by atoms with van der Waals surface area (Å²) in [5.74, 6) is 1.97. The van der Waals surface area contributed by atoms with Crippen LogP contribution in [0.15, 0.2) is 134 Å². The highest BCUT2D eigenvalue weighted by atomic mass is 32.1. The number of hydrogen-bond donors (Lipinski definition) is 0. The van der Waals surface area contributed by atoms with Crippen LogP contribution < -0.4 is 0 Å². The summed E-state index contributed by atoms with van der Waals surface area (Å²) in [6, 6.07) is 25.4. The van der Waals surface area contributed by atoms with Crippen LogP contribution in [0.5, 0.6) is 0 Å². The first kappa shape index (κ1) is 53.7. The maximum atomic E-state index is 5.23. The van der Waals surface area contributed by atoms with Crippen molar-refractivity contribution >= 4 is 77.2 Å². The topological polar surface area (TPSA) is 39.4 Å². The molecule has 1 aromatic carbocycles. The average molecular weight is 925 g/mol. The molecular formula is C54H68O3S5. The largest absolute Gasteiger partial charge is 0.467 e. The first-order chi connectivity index (χ1) is 29.5. The van der Waals surface area contributed by atoms with Gasteiger partial charge in [-0.25, -0.2) is 0 Å². The zero-order valence-corrected chi connectivity index (χ0v) is 43.9. The van der Waals surface area contributed by atoms with Gasteiger partial charge in [0.15, 0.2) is 11.2 Å². The summed E-state index contributed by atoms with van der Waals surface area (Å²) < 4.78 is 18.5. The van der Waals surface area contributed by atoms with E-state index in [0.29, 0.717) is 0 Å². The Balaban J connectivity index is 0.000000250. The van der Waals surface area contributed by atoms with Crippen LogP contribution in [0.4, 0.5) is 0 Å². The van der Waals surface area contributed by atoms with Crippen LogP contribution in [0, 0.1) is 83.1 Å². The Kier molecular flexibility index (Phi) is 25.1. The average Bonchev–Trinajstić information content (AvgIpc) is 4.13. The fraction of sp³-hybridized carbons (Fsp3) is 0.296. The minimum absolute atomic E-state index is 0.873. The summed E-state index contributed by atoms with van der Waals surface area (Å²) in [4.78, 5) is 8.36. The molecule has 0 saturated carbocycles. The van der Waals surface area contributed by atoms with E-state index in [2.05, 4.69) is 127 Å². The molecule has 0 fully saturated rings. The molecule has 8 aromatic heterocycles. The van der Waals surface area contributed by atoms with E-state index >= 15 is 0 Å². The second-order valence-corrected chi connectivity index (χ2v) is 20.4. The number of furan rings is 3. The molecule has 332 valence electrons. The van der Waals surface area contributed by atoms with Gasteiger partial charge in [-0.05, 0) is 181 Å². The molecule has 0 aliphatic heterocycles. The minimum Gasteiger partial charge on any atom is -0.467 e. The van der Waals surface area contributed by atoms with Gasteiger partial charge in [0, 0.05) is 49.8 Å². The van der Waals surface area contributed by atoms with Crippen LogP contribution in [0.3, 0.4) is 0 Å². The number of benzene rings is 1. The summed E-state index contributed by atoms with van der Waals surface area (Å²) >= 11 is 9.29. The number of thiophene rings is 5. The molecule has 9 rings (SSSR count). The molecule has 0 spiro atoms. The third-order valence-corrected chi connectivity index (χ3v) is 14.3. The predicted octanol–water partition coefficient (Wildman–Crippen LogP) is 20.0. The molecule has 62 heavy (non-hydrogen) atoms. The summed E-state index contributed by atoms with van der Waals surface area (Å²) in [6.45, 7) is 32.9. The van der Waals surface area contributed by atoms with Crippen molar-refractivity contribution in [1.29, 1.82) is 0 Å². The van der Waals surface area contributed by atoms with Gasteiger partial charge in [-0.1, -0.05) is 59.7 Å². The smallest absolute Gasteiger partial charge is 0.175 e. The second kappa shape index (κ2) is 29.0. The first-order valence-electron chi connectivity index (χ1n) is 20.7. The van der Waals surface area contributed by atoms with E-state index < -0.39 is 0 Å². The fourth-order valence-corrected chi connectivity index (χ4v) is 9.88. The van der Waals surface area contributed by atoms with Gasteiger partial charge in [0.2, 0.25) is 0 Å². The molecule has 0 saturated heterocycles. The molecule has 0 bridgehead atoms. The molecule has 3 nitrogen and oxygen atoms in total. The highest BCUT2D eigenvalue weighted by Gasteiger charge is 2.07. The van der Waals surface area contributed by atoms with Gasteiger partial charge in [-0.2, -0.15) is 0 Å². The van der Waals surface area contributed by atoms with Gasteiger partial charge in [0.1, 0.15) is 11.5 Å². The highest BCUT2D eigenvalue weighted by molar-refractivity contribution is 7.26. The first-order valence-corrected chi connectivity index (χ1v) is 24.9. The monoisotopic (exact) mass is 924 g/mol. The Labute approximate surface area is 393 Å². The Bertz CT molecular complexity index is 2310. The lowest BCUT2D eigenvalue weighted by atomic mass is 10.2. The van der Waals surface area contributed by atoms with E-state index in [0.717, 1.165) is 33.8 Å². The van der Waals surface area contributed by atoms with E-state index in [1.165, 1.54) is 60.9 Å². The number of allylic oxidation sites excluding steroid dienone is 4. The van der Waals surface area contributed by atoms with Crippen molar-refractivity contribution in [3.8, 4) is 9.75 Å². The van der Waals surface area contributed by atoms with Crippen molar-refractivity contribution < 1.29 is 13.3 Å². The molecule has 8 heteroatoms. The van der Waals surface area contributed by atoms with Crippen LogP contribution in [-0.2, 0) is 0 Å². The molecule has 0 unspecified atom stereocenters. The maximum absolute atomic E-state index is 5.23. The Morgan fingerprint density at radius 1 is 0.371 bits per heavy atom. The maximum Gasteiger partial charge on any atom is 0.175 e. The standard InChI is InChI=1S/C10H10S2.C8H8O2.C8H8S2.C8H10.C6H8O.C6H8S.2C4H8/c1-7-3-5-9(11-7)10-6-4-8(2)12-10;2*1-5-3-9-8-6(2)4-10-7(5)8;1-7-3-5-8(2)6-4-7;2*1-5-3-4-6(2)7-5;2*1-3-4-2/h3-6H,1-2H3;2*3-4H,1-2H3;3-6H,1-2H3;2*3-4H,1-2H3;2*3-4H,1-2H3. The lowest BCUT2D eigenvalue weighted by Crippen LogP contribution is -1.70. The van der Waals surface area contributed by atoms with E-state index in [1.807, 2.05) is 149 Å². The van der Waals surface area contributed by atoms with Crippen LogP contribution in [-0.4, -0.2) is 0 Å². The third kappa shape index (κ3) is 19.7. The molecule has 0 amide bonds. The Hall–Kier alpha value is -4.44. The summed E-state index contributed by atoms with van der Waals surface area (Å²) in [6.07, 6.45) is 11.4. The van der Waals surface area contributed by atoms with Crippen LogP contribution in [0.1, 0.15) is 92.1 Å². The van der Waals surface area contributed by atoms with Crippen molar-refractivity contribution in [2.45, 2.75) is 111 Å². The molecule has 0 aliphatic carbocycles. The van der Waals surface area contributed by atoms with Gasteiger partial charge < -0.3 is 13.3 Å². The molecule has 9 aromatic rings. The normalized spacial score (nSPS) is 10.1. The molecule has 0 N–H and O–H groups in total. The summed E-state index contributed by atoms with van der Waals surface area (Å²) in [7, 11) is 0. The molecule has 0 radical (unpaired) electrons. The quantitative estimate of drug-likeness (QED) is 0.154. The van der Waals surface area contributed by atoms with E-state index in [-0.39, 0.29) is 0 Å². The van der Waals surface area contributed by atoms with Gasteiger partial charge in [0.05, 0.1) is 12.5 Å². The SMILES string of the molecule is CC=CC.CC=CC.Cc1ccc(-c2ccc(C)s2)s1.Cc1ccc(C)cc1.Cc1ccc(C)o1.Cc1ccc(C)s1.Cc1coc2c(C)coc12.Cc1csc2c(C)csc12. The van der Waals surface area contributed by atoms with Crippen LogP contribution in [0.2, 0.25) is 0 Å². The number of hydrogen-bond acceptors (Lipinski definition) is 8. The highest BCUT2D eigenvalue weighted by Crippen LogP contribution is 2.34. The van der Waals surface area contributed by atoms with Gasteiger partial charge in [0.25, 0.3) is 0 Å². The van der Waals surface area contributed by atoms with E-state index in [1.54, 1.807) is 12.5 Å². The minimum atomic E-state index is 0.873. The van der Waals surface area contributed by atoms with Crippen molar-refractivity contribution in [2.75, 3.05) is 0 Å². The zero-order chi connectivity index (χ0) is 46.2. The number of fused-ring (bicyclic) bond motifs is 2. The van der Waals surface area contributed by atoms with Gasteiger partial charge in [-0.15, -0.1) is 56.7 Å².